The number of nitrogens with one attached hydrogen (secondary N) is 2. The molecule has 0 saturated carbocycles. The first kappa shape index (κ1) is 9.85. The van der Waals surface area contributed by atoms with Crippen molar-refractivity contribution >= 4 is 17.2 Å². The summed E-state index contributed by atoms with van der Waals surface area (Å²) in [6.07, 6.45) is 1.40. The summed E-state index contributed by atoms with van der Waals surface area (Å²) in [5, 5.41) is 16.5. The highest BCUT2D eigenvalue weighted by molar-refractivity contribution is 7.08. The van der Waals surface area contributed by atoms with Crippen LogP contribution in [0, 0.1) is 6.92 Å². The van der Waals surface area contributed by atoms with Crippen molar-refractivity contribution in [3.8, 4) is 0 Å². The zero-order valence-corrected chi connectivity index (χ0v) is 8.97. The quantitative estimate of drug-likeness (QED) is 0.817. The molecule has 0 bridgehead atoms. The smallest absolute Gasteiger partial charge is 0.273 e. The van der Waals surface area contributed by atoms with Crippen LogP contribution in [0.25, 0.3) is 0 Å². The van der Waals surface area contributed by atoms with Gasteiger partial charge in [-0.1, -0.05) is 0 Å². The molecular weight excluding hydrogens is 212 g/mol. The summed E-state index contributed by atoms with van der Waals surface area (Å²) in [4.78, 5) is 11.5. The van der Waals surface area contributed by atoms with Gasteiger partial charge in [0.15, 0.2) is 5.69 Å². The summed E-state index contributed by atoms with van der Waals surface area (Å²) in [6, 6.07) is 0. The molecule has 2 heterocycles. The maximum absolute atomic E-state index is 11.5. The van der Waals surface area contributed by atoms with Gasteiger partial charge in [-0.05, 0) is 28.8 Å². The Labute approximate surface area is 90.5 Å². The number of aryl methyl sites for hydroxylation is 1. The molecule has 1 amide bonds. The van der Waals surface area contributed by atoms with Crippen molar-refractivity contribution in [3.05, 3.63) is 33.8 Å². The molecule has 2 N–H and O–H groups in total. The molecule has 0 spiro atoms. The van der Waals surface area contributed by atoms with Gasteiger partial charge in [-0.2, -0.15) is 26.7 Å². The predicted molar refractivity (Wildman–Crippen MR) is 56.6 cm³/mol. The molecule has 0 aliphatic heterocycles. The molecule has 0 atom stereocenters. The first-order chi connectivity index (χ1) is 7.27. The summed E-state index contributed by atoms with van der Waals surface area (Å²) < 4.78 is 0. The second kappa shape index (κ2) is 4.22. The van der Waals surface area contributed by atoms with E-state index in [4.69, 9.17) is 0 Å². The fourth-order valence-corrected chi connectivity index (χ4v) is 2.00. The lowest BCUT2D eigenvalue weighted by Gasteiger charge is -2.01. The number of carbonyl (C=O) groups excluding carboxylic acids is 1. The van der Waals surface area contributed by atoms with Crippen LogP contribution in [0.15, 0.2) is 17.0 Å². The average Bonchev–Trinajstić information content (AvgIpc) is 2.85. The van der Waals surface area contributed by atoms with Gasteiger partial charge in [-0.3, -0.25) is 4.79 Å². The molecular formula is C9H10N4OS. The number of hydrogen-bond donors (Lipinski definition) is 2. The largest absolute Gasteiger partial charge is 0.346 e. The minimum Gasteiger partial charge on any atom is -0.346 e. The number of hydrogen-bond acceptors (Lipinski definition) is 4. The highest BCUT2D eigenvalue weighted by Gasteiger charge is 2.08. The van der Waals surface area contributed by atoms with Crippen LogP contribution in [0.2, 0.25) is 0 Å². The van der Waals surface area contributed by atoms with Crippen molar-refractivity contribution in [1.82, 2.24) is 20.7 Å². The number of H-pyrrole nitrogens is 1. The number of rotatable bonds is 3. The standard InChI is InChI=1S/C9H10N4OS/c1-6-4-15-5-7(6)2-10-9(14)8-3-11-13-12-8/h3-5H,2H2,1H3,(H,10,14)(H,11,12,13). The van der Waals surface area contributed by atoms with Crippen LogP contribution in [0.4, 0.5) is 0 Å². The molecule has 5 nitrogen and oxygen atoms in total. The molecule has 2 rings (SSSR count). The molecule has 0 saturated heterocycles. The van der Waals surface area contributed by atoms with E-state index < -0.39 is 0 Å². The molecule has 2 aromatic rings. The fraction of sp³-hybridized carbons (Fsp3) is 0.222. The van der Waals surface area contributed by atoms with Crippen molar-refractivity contribution in [2.45, 2.75) is 13.5 Å². The van der Waals surface area contributed by atoms with Crippen molar-refractivity contribution < 1.29 is 4.79 Å². The molecule has 0 unspecified atom stereocenters. The van der Waals surface area contributed by atoms with Crippen molar-refractivity contribution in [2.75, 3.05) is 0 Å². The fourth-order valence-electron chi connectivity index (χ4n) is 1.15. The number of carbonyl (C=O) groups is 1. The van der Waals surface area contributed by atoms with E-state index in [1.807, 2.05) is 12.3 Å². The first-order valence-corrected chi connectivity index (χ1v) is 5.37. The minimum absolute atomic E-state index is 0.214. The molecule has 2 aromatic heterocycles. The van der Waals surface area contributed by atoms with Crippen LogP contribution in [-0.2, 0) is 6.54 Å². The number of aromatic nitrogens is 3. The molecule has 0 aromatic carbocycles. The Hall–Kier alpha value is -1.69. The monoisotopic (exact) mass is 222 g/mol. The van der Waals surface area contributed by atoms with Crippen molar-refractivity contribution in [1.29, 1.82) is 0 Å². The lowest BCUT2D eigenvalue weighted by atomic mass is 10.2. The third kappa shape index (κ3) is 2.21. The number of amides is 1. The van der Waals surface area contributed by atoms with E-state index in [1.165, 1.54) is 11.8 Å². The molecule has 0 radical (unpaired) electrons. The van der Waals surface area contributed by atoms with E-state index in [2.05, 4.69) is 26.1 Å². The van der Waals surface area contributed by atoms with E-state index >= 15 is 0 Å². The topological polar surface area (TPSA) is 70.7 Å². The van der Waals surface area contributed by atoms with E-state index in [1.54, 1.807) is 11.3 Å². The predicted octanol–water partition coefficient (Wildman–Crippen LogP) is 1.10. The van der Waals surface area contributed by atoms with E-state index in [9.17, 15) is 4.79 Å². The maximum Gasteiger partial charge on any atom is 0.273 e. The van der Waals surface area contributed by atoms with Gasteiger partial charge in [0.2, 0.25) is 0 Å². The van der Waals surface area contributed by atoms with Gasteiger partial charge in [0.05, 0.1) is 6.20 Å². The van der Waals surface area contributed by atoms with Crippen LogP contribution in [0.5, 0.6) is 0 Å². The Morgan fingerprint density at radius 1 is 1.60 bits per heavy atom. The zero-order chi connectivity index (χ0) is 10.7. The number of nitrogens with zero attached hydrogens (tertiary/aromatic N) is 2. The van der Waals surface area contributed by atoms with Gasteiger partial charge in [0.1, 0.15) is 0 Å². The lowest BCUT2D eigenvalue weighted by molar-refractivity contribution is 0.0946. The third-order valence-electron chi connectivity index (χ3n) is 2.05. The Bertz CT molecular complexity index is 448. The Kier molecular flexibility index (Phi) is 2.77. The second-order valence-corrected chi connectivity index (χ2v) is 3.86. The highest BCUT2D eigenvalue weighted by Crippen LogP contribution is 2.12. The minimum atomic E-state index is -0.214. The number of thiophene rings is 1. The van der Waals surface area contributed by atoms with Gasteiger partial charge in [-0.15, -0.1) is 0 Å². The van der Waals surface area contributed by atoms with Gasteiger partial charge >= 0.3 is 0 Å². The van der Waals surface area contributed by atoms with Gasteiger partial charge in [-0.25, -0.2) is 0 Å². The van der Waals surface area contributed by atoms with Gasteiger partial charge in [0.25, 0.3) is 5.91 Å². The zero-order valence-electron chi connectivity index (χ0n) is 8.15. The van der Waals surface area contributed by atoms with Crippen LogP contribution in [0.1, 0.15) is 21.6 Å². The Morgan fingerprint density at radius 3 is 3.07 bits per heavy atom. The highest BCUT2D eigenvalue weighted by atomic mass is 32.1. The van der Waals surface area contributed by atoms with Crippen LogP contribution < -0.4 is 5.32 Å². The molecule has 0 fully saturated rings. The van der Waals surface area contributed by atoms with E-state index in [0.29, 0.717) is 12.2 Å². The van der Waals surface area contributed by atoms with Crippen molar-refractivity contribution in [3.63, 3.8) is 0 Å². The molecule has 0 aliphatic rings. The summed E-state index contributed by atoms with van der Waals surface area (Å²) in [6.45, 7) is 2.55. The molecule has 6 heteroatoms. The normalized spacial score (nSPS) is 10.2. The van der Waals surface area contributed by atoms with Crippen LogP contribution in [0.3, 0.4) is 0 Å². The molecule has 78 valence electrons. The van der Waals surface area contributed by atoms with Crippen LogP contribution in [-0.4, -0.2) is 21.3 Å². The first-order valence-electron chi connectivity index (χ1n) is 4.43. The summed E-state index contributed by atoms with van der Waals surface area (Å²) in [7, 11) is 0. The third-order valence-corrected chi connectivity index (χ3v) is 2.96. The van der Waals surface area contributed by atoms with E-state index in [0.717, 1.165) is 5.56 Å². The van der Waals surface area contributed by atoms with Crippen LogP contribution >= 0.6 is 11.3 Å². The summed E-state index contributed by atoms with van der Waals surface area (Å²) in [5.74, 6) is -0.214. The van der Waals surface area contributed by atoms with Gasteiger partial charge in [0, 0.05) is 6.54 Å². The van der Waals surface area contributed by atoms with Gasteiger partial charge < -0.3 is 5.32 Å². The number of aromatic amines is 1. The lowest BCUT2D eigenvalue weighted by Crippen LogP contribution is -2.23. The SMILES string of the molecule is Cc1cscc1CNC(=O)c1cn[nH]n1. The second-order valence-electron chi connectivity index (χ2n) is 3.12. The Balaban J connectivity index is 1.95. The van der Waals surface area contributed by atoms with E-state index in [-0.39, 0.29) is 5.91 Å². The molecule has 0 aliphatic carbocycles. The summed E-state index contributed by atoms with van der Waals surface area (Å²) in [5.41, 5.74) is 2.64. The van der Waals surface area contributed by atoms with Crippen molar-refractivity contribution in [2.24, 2.45) is 0 Å². The Morgan fingerprint density at radius 2 is 2.47 bits per heavy atom. The average molecular weight is 222 g/mol. The maximum atomic E-state index is 11.5. The summed E-state index contributed by atoms with van der Waals surface area (Å²) >= 11 is 1.63. The molecule has 15 heavy (non-hydrogen) atoms.